The van der Waals surface area contributed by atoms with Gasteiger partial charge in [0.2, 0.25) is 0 Å². The van der Waals surface area contributed by atoms with Crippen molar-refractivity contribution in [3.05, 3.63) is 53.9 Å². The van der Waals surface area contributed by atoms with Gasteiger partial charge in [-0.2, -0.15) is 0 Å². The van der Waals surface area contributed by atoms with Crippen molar-refractivity contribution in [3.8, 4) is 5.75 Å². The van der Waals surface area contributed by atoms with Gasteiger partial charge in [-0.1, -0.05) is 18.2 Å². The van der Waals surface area contributed by atoms with Crippen molar-refractivity contribution in [2.75, 3.05) is 12.4 Å². The molecule has 106 valence electrons. The number of nitrogens with zero attached hydrogens (tertiary/aromatic N) is 1. The number of nitrogens with two attached hydrogens (primary N) is 1. The summed E-state index contributed by atoms with van der Waals surface area (Å²) in [6.45, 7) is 4.71. The second-order valence-corrected chi connectivity index (χ2v) is 5.63. The molecular formula is C16H20N2OS. The zero-order chi connectivity index (χ0) is 14.4. The number of rotatable bonds is 6. The minimum absolute atomic E-state index is 0.0486. The molecule has 3 nitrogen and oxygen atoms in total. The summed E-state index contributed by atoms with van der Waals surface area (Å²) in [5.74, 6) is 1.60. The molecule has 0 bridgehead atoms. The fourth-order valence-corrected chi connectivity index (χ4v) is 2.90. The molecule has 2 aromatic rings. The first-order valence-electron chi connectivity index (χ1n) is 6.72. The molecule has 0 aliphatic carbocycles. The molecule has 0 saturated carbocycles. The summed E-state index contributed by atoms with van der Waals surface area (Å²) in [5.41, 5.74) is 8.54. The van der Waals surface area contributed by atoms with E-state index in [4.69, 9.17) is 10.5 Å². The van der Waals surface area contributed by atoms with Gasteiger partial charge < -0.3 is 10.5 Å². The molecule has 2 rings (SSSR count). The van der Waals surface area contributed by atoms with Crippen LogP contribution in [0.1, 0.15) is 24.1 Å². The predicted octanol–water partition coefficient (Wildman–Crippen LogP) is 3.58. The van der Waals surface area contributed by atoms with E-state index in [1.807, 2.05) is 19.2 Å². The summed E-state index contributed by atoms with van der Waals surface area (Å²) >= 11 is 1.78. The largest absolute Gasteiger partial charge is 0.492 e. The molecule has 0 fully saturated rings. The Morgan fingerprint density at radius 3 is 2.85 bits per heavy atom. The van der Waals surface area contributed by atoms with Gasteiger partial charge in [-0.05, 0) is 37.1 Å². The SMILES string of the molecule is CCOc1cncc(C(N)CSc2ccccc2C)c1. The average Bonchev–Trinajstić information content (AvgIpc) is 2.47. The number of aryl methyl sites for hydroxylation is 1. The summed E-state index contributed by atoms with van der Waals surface area (Å²) in [5, 5.41) is 0. The summed E-state index contributed by atoms with van der Waals surface area (Å²) in [4.78, 5) is 5.46. The van der Waals surface area contributed by atoms with Crippen molar-refractivity contribution in [1.29, 1.82) is 0 Å². The van der Waals surface area contributed by atoms with E-state index < -0.39 is 0 Å². The van der Waals surface area contributed by atoms with E-state index in [0.29, 0.717) is 6.61 Å². The maximum atomic E-state index is 6.24. The quantitative estimate of drug-likeness (QED) is 0.825. The fourth-order valence-electron chi connectivity index (χ4n) is 1.88. The van der Waals surface area contributed by atoms with Crippen LogP contribution in [0.25, 0.3) is 0 Å². The summed E-state index contributed by atoms with van der Waals surface area (Å²) in [7, 11) is 0. The lowest BCUT2D eigenvalue weighted by atomic mass is 10.1. The van der Waals surface area contributed by atoms with E-state index in [-0.39, 0.29) is 6.04 Å². The second kappa shape index (κ2) is 7.31. The molecule has 1 unspecified atom stereocenters. The van der Waals surface area contributed by atoms with E-state index in [1.54, 1.807) is 18.0 Å². The monoisotopic (exact) mass is 288 g/mol. The van der Waals surface area contributed by atoms with Crippen molar-refractivity contribution in [3.63, 3.8) is 0 Å². The second-order valence-electron chi connectivity index (χ2n) is 4.57. The van der Waals surface area contributed by atoms with Gasteiger partial charge >= 0.3 is 0 Å². The lowest BCUT2D eigenvalue weighted by Gasteiger charge is -2.13. The van der Waals surface area contributed by atoms with E-state index in [9.17, 15) is 0 Å². The molecule has 0 amide bonds. The number of thioether (sulfide) groups is 1. The van der Waals surface area contributed by atoms with Crippen LogP contribution in [0, 0.1) is 6.92 Å². The highest BCUT2D eigenvalue weighted by Crippen LogP contribution is 2.26. The molecule has 0 radical (unpaired) electrons. The van der Waals surface area contributed by atoms with E-state index in [1.165, 1.54) is 10.5 Å². The maximum absolute atomic E-state index is 6.24. The Morgan fingerprint density at radius 1 is 1.30 bits per heavy atom. The molecule has 1 aromatic heterocycles. The standard InChI is InChI=1S/C16H20N2OS/c1-3-19-14-8-13(9-18-10-14)15(17)11-20-16-7-5-4-6-12(16)2/h4-10,15H,3,11,17H2,1-2H3. The third-order valence-corrected chi connectivity index (χ3v) is 4.28. The fraction of sp³-hybridized carbons (Fsp3) is 0.312. The van der Waals surface area contributed by atoms with Crippen molar-refractivity contribution < 1.29 is 4.74 Å². The number of ether oxygens (including phenoxy) is 1. The molecule has 1 atom stereocenters. The predicted molar refractivity (Wildman–Crippen MR) is 84.2 cm³/mol. The molecule has 0 aliphatic rings. The Bertz CT molecular complexity index is 560. The number of pyridine rings is 1. The Hall–Kier alpha value is -1.52. The summed E-state index contributed by atoms with van der Waals surface area (Å²) in [6.07, 6.45) is 3.53. The van der Waals surface area contributed by atoms with Crippen LogP contribution in [0.3, 0.4) is 0 Å². The van der Waals surface area contributed by atoms with Crippen LogP contribution in [0.2, 0.25) is 0 Å². The Balaban J connectivity index is 1.99. The molecule has 0 spiro atoms. The molecule has 1 heterocycles. The Kier molecular flexibility index (Phi) is 5.44. The highest BCUT2D eigenvalue weighted by atomic mass is 32.2. The molecule has 0 saturated heterocycles. The number of benzene rings is 1. The third-order valence-electron chi connectivity index (χ3n) is 2.99. The van der Waals surface area contributed by atoms with Gasteiger partial charge in [0.25, 0.3) is 0 Å². The van der Waals surface area contributed by atoms with Crippen LogP contribution in [-0.2, 0) is 0 Å². The molecular weight excluding hydrogens is 268 g/mol. The van der Waals surface area contributed by atoms with Crippen LogP contribution in [0.5, 0.6) is 5.75 Å². The Morgan fingerprint density at radius 2 is 2.10 bits per heavy atom. The van der Waals surface area contributed by atoms with Gasteiger partial charge in [0.05, 0.1) is 12.8 Å². The number of hydrogen-bond acceptors (Lipinski definition) is 4. The van der Waals surface area contributed by atoms with Gasteiger partial charge in [-0.3, -0.25) is 4.98 Å². The van der Waals surface area contributed by atoms with Crippen LogP contribution in [-0.4, -0.2) is 17.3 Å². The normalized spacial score (nSPS) is 12.2. The van der Waals surface area contributed by atoms with E-state index >= 15 is 0 Å². The van der Waals surface area contributed by atoms with Crippen molar-refractivity contribution in [2.45, 2.75) is 24.8 Å². The molecule has 1 aromatic carbocycles. The van der Waals surface area contributed by atoms with Gasteiger partial charge in [0, 0.05) is 22.9 Å². The first-order chi connectivity index (χ1) is 9.70. The highest BCUT2D eigenvalue weighted by molar-refractivity contribution is 7.99. The minimum Gasteiger partial charge on any atom is -0.492 e. The third kappa shape index (κ3) is 3.99. The Labute approximate surface area is 124 Å². The van der Waals surface area contributed by atoms with E-state index in [0.717, 1.165) is 17.1 Å². The van der Waals surface area contributed by atoms with Crippen molar-refractivity contribution >= 4 is 11.8 Å². The number of aromatic nitrogens is 1. The smallest absolute Gasteiger partial charge is 0.137 e. The first-order valence-corrected chi connectivity index (χ1v) is 7.71. The van der Waals surface area contributed by atoms with Crippen LogP contribution in [0.4, 0.5) is 0 Å². The molecule has 20 heavy (non-hydrogen) atoms. The van der Waals surface area contributed by atoms with Crippen molar-refractivity contribution in [1.82, 2.24) is 4.98 Å². The lowest BCUT2D eigenvalue weighted by Crippen LogP contribution is -2.13. The highest BCUT2D eigenvalue weighted by Gasteiger charge is 2.09. The van der Waals surface area contributed by atoms with Crippen molar-refractivity contribution in [2.24, 2.45) is 5.73 Å². The molecule has 4 heteroatoms. The zero-order valence-electron chi connectivity index (χ0n) is 11.9. The van der Waals surface area contributed by atoms with Gasteiger partial charge in [0.15, 0.2) is 0 Å². The maximum Gasteiger partial charge on any atom is 0.137 e. The van der Waals surface area contributed by atoms with Crippen LogP contribution < -0.4 is 10.5 Å². The minimum atomic E-state index is -0.0486. The summed E-state index contributed by atoms with van der Waals surface area (Å²) < 4.78 is 5.45. The number of hydrogen-bond donors (Lipinski definition) is 1. The van der Waals surface area contributed by atoms with E-state index in [2.05, 4.69) is 36.2 Å². The van der Waals surface area contributed by atoms with Gasteiger partial charge in [0.1, 0.15) is 5.75 Å². The van der Waals surface area contributed by atoms with Gasteiger partial charge in [-0.15, -0.1) is 11.8 Å². The zero-order valence-corrected chi connectivity index (χ0v) is 12.7. The molecule has 2 N–H and O–H groups in total. The average molecular weight is 288 g/mol. The van der Waals surface area contributed by atoms with Gasteiger partial charge in [-0.25, -0.2) is 0 Å². The lowest BCUT2D eigenvalue weighted by molar-refractivity contribution is 0.338. The van der Waals surface area contributed by atoms with Crippen LogP contribution in [0.15, 0.2) is 47.6 Å². The first kappa shape index (κ1) is 14.9. The summed E-state index contributed by atoms with van der Waals surface area (Å²) in [6, 6.07) is 10.3. The topological polar surface area (TPSA) is 48.1 Å². The van der Waals surface area contributed by atoms with Crippen LogP contribution >= 0.6 is 11.8 Å². The molecule has 0 aliphatic heterocycles.